The minimum absolute atomic E-state index is 0.0190. The summed E-state index contributed by atoms with van der Waals surface area (Å²) in [5.41, 5.74) is 1.58. The summed E-state index contributed by atoms with van der Waals surface area (Å²) < 4.78 is 13.7. The fourth-order valence-electron chi connectivity index (χ4n) is 2.63. The third-order valence-electron chi connectivity index (χ3n) is 4.13. The van der Waals surface area contributed by atoms with Crippen LogP contribution in [-0.4, -0.2) is 29.2 Å². The number of aliphatic hydroxyl groups excluding tert-OH is 1. The molecule has 21 heavy (non-hydrogen) atoms. The van der Waals surface area contributed by atoms with E-state index in [0.29, 0.717) is 12.0 Å². The largest absolute Gasteiger partial charge is 0.395 e. The van der Waals surface area contributed by atoms with Gasteiger partial charge in [-0.2, -0.15) is 0 Å². The summed E-state index contributed by atoms with van der Waals surface area (Å²) in [6, 6.07) is 5.98. The first-order valence-corrected chi connectivity index (χ1v) is 7.88. The molecule has 0 bridgehead atoms. The van der Waals surface area contributed by atoms with Gasteiger partial charge in [0, 0.05) is 25.6 Å². The number of aliphatic hydroxyl groups is 1. The molecule has 0 heterocycles. The van der Waals surface area contributed by atoms with Gasteiger partial charge in [-0.1, -0.05) is 17.9 Å². The summed E-state index contributed by atoms with van der Waals surface area (Å²) in [4.78, 5) is 2.55. The summed E-state index contributed by atoms with van der Waals surface area (Å²) >= 11 is 0. The van der Waals surface area contributed by atoms with Gasteiger partial charge < -0.3 is 5.11 Å². The van der Waals surface area contributed by atoms with Crippen LogP contribution in [0.4, 0.5) is 4.39 Å². The summed E-state index contributed by atoms with van der Waals surface area (Å²) in [6.07, 6.45) is 5.72. The quantitative estimate of drug-likeness (QED) is 0.813. The van der Waals surface area contributed by atoms with Crippen molar-refractivity contribution in [3.63, 3.8) is 0 Å². The molecule has 0 spiro atoms. The maximum absolute atomic E-state index is 13.7. The van der Waals surface area contributed by atoms with E-state index in [1.165, 1.54) is 38.3 Å². The van der Waals surface area contributed by atoms with Crippen molar-refractivity contribution in [1.82, 2.24) is 4.90 Å². The summed E-state index contributed by atoms with van der Waals surface area (Å²) in [6.45, 7) is 2.11. The molecular formula is C18H22FNO. The highest BCUT2D eigenvalue weighted by atomic mass is 19.1. The molecule has 2 saturated carbocycles. The van der Waals surface area contributed by atoms with Crippen molar-refractivity contribution in [2.45, 2.75) is 44.7 Å². The average molecular weight is 287 g/mol. The lowest BCUT2D eigenvalue weighted by atomic mass is 10.1. The van der Waals surface area contributed by atoms with E-state index in [9.17, 15) is 4.39 Å². The molecule has 2 aliphatic rings. The molecule has 0 amide bonds. The summed E-state index contributed by atoms with van der Waals surface area (Å²) in [7, 11) is 0. The third-order valence-corrected chi connectivity index (χ3v) is 4.13. The smallest absolute Gasteiger partial charge is 0.138 e. The summed E-state index contributed by atoms with van der Waals surface area (Å²) in [5.74, 6) is 6.23. The normalized spacial score (nSPS) is 17.7. The Balaban J connectivity index is 1.69. The van der Waals surface area contributed by atoms with Crippen LogP contribution in [0.2, 0.25) is 0 Å². The lowest BCUT2D eigenvalue weighted by Gasteiger charge is -2.22. The number of rotatable bonds is 6. The molecule has 1 aromatic rings. The van der Waals surface area contributed by atoms with E-state index >= 15 is 0 Å². The highest BCUT2D eigenvalue weighted by Crippen LogP contribution is 2.35. The molecule has 1 aromatic carbocycles. The molecule has 0 aliphatic heterocycles. The maximum Gasteiger partial charge on any atom is 0.138 e. The zero-order valence-corrected chi connectivity index (χ0v) is 12.3. The first-order valence-electron chi connectivity index (χ1n) is 7.88. The number of halogens is 1. The molecule has 1 N–H and O–H groups in total. The molecule has 0 radical (unpaired) electrons. The van der Waals surface area contributed by atoms with E-state index in [1.54, 1.807) is 0 Å². The fourth-order valence-corrected chi connectivity index (χ4v) is 2.63. The van der Waals surface area contributed by atoms with Crippen molar-refractivity contribution in [2.24, 2.45) is 5.92 Å². The van der Waals surface area contributed by atoms with Gasteiger partial charge in [0.25, 0.3) is 0 Å². The van der Waals surface area contributed by atoms with Gasteiger partial charge in [-0.3, -0.25) is 4.90 Å². The molecular weight excluding hydrogens is 265 g/mol. The Hall–Kier alpha value is -1.37. The topological polar surface area (TPSA) is 23.5 Å². The van der Waals surface area contributed by atoms with Crippen LogP contribution in [0.3, 0.4) is 0 Å². The monoisotopic (exact) mass is 287 g/mol. The van der Waals surface area contributed by atoms with Crippen molar-refractivity contribution in [1.29, 1.82) is 0 Å². The molecule has 3 heteroatoms. The van der Waals surface area contributed by atoms with Crippen molar-refractivity contribution in [2.75, 3.05) is 13.2 Å². The molecule has 2 fully saturated rings. The van der Waals surface area contributed by atoms with E-state index < -0.39 is 0 Å². The van der Waals surface area contributed by atoms with Crippen molar-refractivity contribution in [3.8, 4) is 11.8 Å². The van der Waals surface area contributed by atoms with Gasteiger partial charge in [0.1, 0.15) is 5.82 Å². The number of benzene rings is 1. The standard InChI is InChI=1S/C18H22FNO/c19-18-9-6-15(11-16(18)3-1-2-10-21)13-20(17-7-8-17)12-14-4-5-14/h6,9,11,14,17,21H,2,4-5,7-8,10,12-13H2. The van der Waals surface area contributed by atoms with Gasteiger partial charge >= 0.3 is 0 Å². The Bertz CT molecular complexity index is 552. The summed E-state index contributed by atoms with van der Waals surface area (Å²) in [5, 5.41) is 8.74. The number of hydrogen-bond acceptors (Lipinski definition) is 2. The van der Waals surface area contributed by atoms with Crippen LogP contribution in [-0.2, 0) is 6.54 Å². The van der Waals surface area contributed by atoms with Crippen LogP contribution >= 0.6 is 0 Å². The fraction of sp³-hybridized carbons (Fsp3) is 0.556. The molecule has 0 saturated heterocycles. The minimum atomic E-state index is -0.274. The second kappa shape index (κ2) is 6.60. The lowest BCUT2D eigenvalue weighted by Crippen LogP contribution is -2.27. The van der Waals surface area contributed by atoms with E-state index in [1.807, 2.05) is 12.1 Å². The molecule has 112 valence electrons. The van der Waals surface area contributed by atoms with Crippen LogP contribution in [0.1, 0.15) is 43.2 Å². The van der Waals surface area contributed by atoms with Crippen LogP contribution in [0.5, 0.6) is 0 Å². The molecule has 2 nitrogen and oxygen atoms in total. The first kappa shape index (κ1) is 14.6. The predicted molar refractivity (Wildman–Crippen MR) is 81.1 cm³/mol. The van der Waals surface area contributed by atoms with Crippen molar-refractivity contribution in [3.05, 3.63) is 35.1 Å². The SMILES string of the molecule is OCCC#Cc1cc(CN(CC2CC2)C2CC2)ccc1F. The first-order chi connectivity index (χ1) is 10.3. The Morgan fingerprint density at radius 2 is 2.05 bits per heavy atom. The van der Waals surface area contributed by atoms with Crippen LogP contribution < -0.4 is 0 Å². The molecule has 0 unspecified atom stereocenters. The van der Waals surface area contributed by atoms with Crippen LogP contribution in [0.15, 0.2) is 18.2 Å². The predicted octanol–water partition coefficient (Wildman–Crippen LogP) is 2.93. The van der Waals surface area contributed by atoms with E-state index in [2.05, 4.69) is 16.7 Å². The average Bonchev–Trinajstić information content (AvgIpc) is 3.35. The van der Waals surface area contributed by atoms with Crippen molar-refractivity contribution >= 4 is 0 Å². The molecule has 0 aromatic heterocycles. The zero-order chi connectivity index (χ0) is 14.7. The van der Waals surface area contributed by atoms with Crippen molar-refractivity contribution < 1.29 is 9.50 Å². The Kier molecular flexibility index (Phi) is 4.57. The lowest BCUT2D eigenvalue weighted by molar-refractivity contribution is 0.244. The van der Waals surface area contributed by atoms with E-state index in [0.717, 1.165) is 24.1 Å². The van der Waals surface area contributed by atoms with E-state index in [4.69, 9.17) is 5.11 Å². The minimum Gasteiger partial charge on any atom is -0.395 e. The zero-order valence-electron chi connectivity index (χ0n) is 12.3. The van der Waals surface area contributed by atoms with Crippen LogP contribution in [0, 0.1) is 23.6 Å². The van der Waals surface area contributed by atoms with Crippen LogP contribution in [0.25, 0.3) is 0 Å². The molecule has 2 aliphatic carbocycles. The van der Waals surface area contributed by atoms with Gasteiger partial charge in [-0.05, 0) is 49.3 Å². The van der Waals surface area contributed by atoms with Gasteiger partial charge in [0.05, 0.1) is 12.2 Å². The molecule has 0 atom stereocenters. The van der Waals surface area contributed by atoms with Gasteiger partial charge in [0.2, 0.25) is 0 Å². The Morgan fingerprint density at radius 1 is 1.24 bits per heavy atom. The Labute approximate surface area is 126 Å². The second-order valence-electron chi connectivity index (χ2n) is 6.19. The number of nitrogens with zero attached hydrogens (tertiary/aromatic N) is 1. The Morgan fingerprint density at radius 3 is 2.71 bits per heavy atom. The highest BCUT2D eigenvalue weighted by molar-refractivity contribution is 5.38. The van der Waals surface area contributed by atoms with Gasteiger partial charge in [0.15, 0.2) is 0 Å². The van der Waals surface area contributed by atoms with Gasteiger partial charge in [-0.25, -0.2) is 4.39 Å². The third kappa shape index (κ3) is 4.30. The maximum atomic E-state index is 13.7. The van der Waals surface area contributed by atoms with Gasteiger partial charge in [-0.15, -0.1) is 0 Å². The molecule has 3 rings (SSSR count). The highest BCUT2D eigenvalue weighted by Gasteiger charge is 2.33. The second-order valence-corrected chi connectivity index (χ2v) is 6.19. The number of hydrogen-bond donors (Lipinski definition) is 1. The van der Waals surface area contributed by atoms with E-state index in [-0.39, 0.29) is 12.4 Å².